The maximum Gasteiger partial charge on any atom is 0.336 e. The summed E-state index contributed by atoms with van der Waals surface area (Å²) >= 11 is 13.3. The fourth-order valence-corrected chi connectivity index (χ4v) is 5.10. The minimum Gasteiger partial charge on any atom is -0.478 e. The van der Waals surface area contributed by atoms with Crippen LogP contribution in [0.25, 0.3) is 0 Å². The van der Waals surface area contributed by atoms with Crippen molar-refractivity contribution in [3.63, 3.8) is 0 Å². The molecule has 0 aliphatic heterocycles. The van der Waals surface area contributed by atoms with Gasteiger partial charge in [0.25, 0.3) is 5.91 Å². The van der Waals surface area contributed by atoms with Crippen molar-refractivity contribution < 1.29 is 29.4 Å². The first kappa shape index (κ1) is 28.7. The molecule has 1 atom stereocenters. The minimum atomic E-state index is -1.43. The van der Waals surface area contributed by atoms with Crippen LogP contribution in [0.15, 0.2) is 95.9 Å². The van der Waals surface area contributed by atoms with E-state index in [1.54, 1.807) is 42.5 Å². The summed E-state index contributed by atoms with van der Waals surface area (Å²) in [5, 5.41) is 24.1. The fraction of sp³-hybridized carbons (Fsp3) is 0.0345. The van der Waals surface area contributed by atoms with Crippen LogP contribution < -0.4 is 10.6 Å². The highest BCUT2D eigenvalue weighted by molar-refractivity contribution is 8.00. The Bertz CT molecular complexity index is 1610. The Morgan fingerprint density at radius 3 is 2.08 bits per heavy atom. The lowest BCUT2D eigenvalue weighted by atomic mass is 10.0. The van der Waals surface area contributed by atoms with Crippen LogP contribution in [0, 0.1) is 0 Å². The Morgan fingerprint density at radius 2 is 1.40 bits per heavy atom. The number of anilines is 2. The Morgan fingerprint density at radius 1 is 0.675 bits per heavy atom. The summed E-state index contributed by atoms with van der Waals surface area (Å²) in [4.78, 5) is 49.8. The molecule has 4 N–H and O–H groups in total. The molecule has 4 rings (SSSR count). The van der Waals surface area contributed by atoms with Crippen LogP contribution in [0.3, 0.4) is 0 Å². The first-order chi connectivity index (χ1) is 19.1. The van der Waals surface area contributed by atoms with Crippen molar-refractivity contribution in [2.24, 2.45) is 0 Å². The second-order valence-electron chi connectivity index (χ2n) is 8.38. The average Bonchev–Trinajstić information content (AvgIpc) is 2.94. The summed E-state index contributed by atoms with van der Waals surface area (Å²) in [5.41, 5.74) is 0.683. The van der Waals surface area contributed by atoms with Gasteiger partial charge < -0.3 is 20.8 Å². The van der Waals surface area contributed by atoms with Crippen LogP contribution in [-0.4, -0.2) is 34.0 Å². The standard InChI is InChI=1S/C29H20Cl2N2O6S/c30-23-12-10-19(15-24(23)31)33-27(35)25(16-5-2-1-3-6-16)40-20-8-4-7-18(14-20)32-26(34)21-11-9-17(28(36)37)13-22(21)29(38)39/h1-15,25H,(H,32,34)(H,33,35)(H,36,37)(H,38,39). The highest BCUT2D eigenvalue weighted by Gasteiger charge is 2.23. The van der Waals surface area contributed by atoms with E-state index in [2.05, 4.69) is 10.6 Å². The predicted molar refractivity (Wildman–Crippen MR) is 155 cm³/mol. The van der Waals surface area contributed by atoms with Crippen molar-refractivity contribution in [2.75, 3.05) is 10.6 Å². The van der Waals surface area contributed by atoms with Gasteiger partial charge in [-0.1, -0.05) is 59.6 Å². The molecular formula is C29H20Cl2N2O6S. The first-order valence-corrected chi connectivity index (χ1v) is 13.3. The Balaban J connectivity index is 1.57. The zero-order valence-corrected chi connectivity index (χ0v) is 22.8. The van der Waals surface area contributed by atoms with Gasteiger partial charge >= 0.3 is 11.9 Å². The zero-order valence-electron chi connectivity index (χ0n) is 20.4. The maximum atomic E-state index is 13.4. The van der Waals surface area contributed by atoms with Gasteiger partial charge in [-0.25, -0.2) is 9.59 Å². The summed E-state index contributed by atoms with van der Waals surface area (Å²) in [6.07, 6.45) is 0. The normalized spacial score (nSPS) is 11.3. The molecule has 4 aromatic rings. The summed E-state index contributed by atoms with van der Waals surface area (Å²) in [7, 11) is 0. The Kier molecular flexibility index (Phi) is 9.11. The third kappa shape index (κ3) is 7.01. The molecule has 0 saturated heterocycles. The van der Waals surface area contributed by atoms with Gasteiger partial charge in [0.1, 0.15) is 5.25 Å². The third-order valence-corrected chi connectivity index (χ3v) is 7.60. The van der Waals surface area contributed by atoms with Gasteiger partial charge in [0.05, 0.1) is 26.7 Å². The molecule has 0 heterocycles. The molecule has 2 amide bonds. The smallest absolute Gasteiger partial charge is 0.336 e. The highest BCUT2D eigenvalue weighted by atomic mass is 35.5. The van der Waals surface area contributed by atoms with E-state index in [0.29, 0.717) is 26.3 Å². The quantitative estimate of drug-likeness (QED) is 0.152. The molecule has 0 spiro atoms. The van der Waals surface area contributed by atoms with Gasteiger partial charge in [-0.15, -0.1) is 11.8 Å². The number of thioether (sulfide) groups is 1. The number of hydrogen-bond acceptors (Lipinski definition) is 5. The lowest BCUT2D eigenvalue weighted by Crippen LogP contribution is -2.19. The third-order valence-electron chi connectivity index (χ3n) is 5.61. The van der Waals surface area contributed by atoms with E-state index in [9.17, 15) is 24.3 Å². The van der Waals surface area contributed by atoms with Crippen molar-refractivity contribution in [2.45, 2.75) is 10.1 Å². The van der Waals surface area contributed by atoms with Crippen LogP contribution in [0.2, 0.25) is 10.0 Å². The van der Waals surface area contributed by atoms with Crippen LogP contribution in [-0.2, 0) is 4.79 Å². The van der Waals surface area contributed by atoms with Crippen molar-refractivity contribution >= 4 is 70.1 Å². The van der Waals surface area contributed by atoms with Crippen molar-refractivity contribution in [3.05, 3.63) is 123 Å². The molecule has 0 bridgehead atoms. The number of carboxylic acid groups (broad SMARTS) is 2. The molecule has 0 fully saturated rings. The summed E-state index contributed by atoms with van der Waals surface area (Å²) in [5.74, 6) is -3.78. The number of nitrogens with one attached hydrogen (secondary N) is 2. The molecule has 8 nitrogen and oxygen atoms in total. The van der Waals surface area contributed by atoms with E-state index in [4.69, 9.17) is 28.3 Å². The van der Waals surface area contributed by atoms with Crippen LogP contribution >= 0.6 is 35.0 Å². The number of rotatable bonds is 9. The first-order valence-electron chi connectivity index (χ1n) is 11.6. The molecule has 0 aromatic heterocycles. The van der Waals surface area contributed by atoms with E-state index < -0.39 is 28.7 Å². The maximum absolute atomic E-state index is 13.4. The largest absolute Gasteiger partial charge is 0.478 e. The lowest BCUT2D eigenvalue weighted by molar-refractivity contribution is -0.115. The van der Waals surface area contributed by atoms with Gasteiger partial charge in [-0.2, -0.15) is 0 Å². The Labute approximate surface area is 242 Å². The Hall–Kier alpha value is -4.31. The van der Waals surface area contributed by atoms with Gasteiger partial charge in [-0.05, 0) is 60.2 Å². The SMILES string of the molecule is O=C(O)c1ccc(C(=O)Nc2cccc(SC(C(=O)Nc3ccc(Cl)c(Cl)c3)c3ccccc3)c2)c(C(=O)O)c1. The van der Waals surface area contributed by atoms with Crippen molar-refractivity contribution in [1.29, 1.82) is 0 Å². The van der Waals surface area contributed by atoms with Crippen molar-refractivity contribution in [3.8, 4) is 0 Å². The molecular weight excluding hydrogens is 575 g/mol. The molecule has 0 radical (unpaired) electrons. The monoisotopic (exact) mass is 594 g/mol. The molecule has 4 aromatic carbocycles. The van der Waals surface area contributed by atoms with E-state index in [-0.39, 0.29) is 17.0 Å². The summed E-state index contributed by atoms with van der Waals surface area (Å²) < 4.78 is 0. The predicted octanol–water partition coefficient (Wildman–Crippen LogP) is 7.11. The zero-order chi connectivity index (χ0) is 28.8. The van der Waals surface area contributed by atoms with Crippen molar-refractivity contribution in [1.82, 2.24) is 0 Å². The lowest BCUT2D eigenvalue weighted by Gasteiger charge is -2.18. The number of carbonyl (C=O) groups is 4. The highest BCUT2D eigenvalue weighted by Crippen LogP contribution is 2.37. The fourth-order valence-electron chi connectivity index (χ4n) is 3.72. The van der Waals surface area contributed by atoms with Gasteiger partial charge in [0.15, 0.2) is 0 Å². The van der Waals surface area contributed by atoms with E-state index in [1.165, 1.54) is 11.8 Å². The number of halogens is 2. The number of carbonyl (C=O) groups excluding carboxylic acids is 2. The second-order valence-corrected chi connectivity index (χ2v) is 10.4. The van der Waals surface area contributed by atoms with E-state index in [1.807, 2.05) is 30.3 Å². The average molecular weight is 595 g/mol. The molecule has 1 unspecified atom stereocenters. The van der Waals surface area contributed by atoms with Gasteiger partial charge in [-0.3, -0.25) is 9.59 Å². The summed E-state index contributed by atoms with van der Waals surface area (Å²) in [6.45, 7) is 0. The molecule has 40 heavy (non-hydrogen) atoms. The van der Waals surface area contributed by atoms with Crippen LogP contribution in [0.4, 0.5) is 11.4 Å². The number of hydrogen-bond donors (Lipinski definition) is 4. The van der Waals surface area contributed by atoms with Gasteiger partial charge in [0.2, 0.25) is 5.91 Å². The van der Waals surface area contributed by atoms with Crippen LogP contribution in [0.5, 0.6) is 0 Å². The minimum absolute atomic E-state index is 0.196. The topological polar surface area (TPSA) is 133 Å². The van der Waals surface area contributed by atoms with E-state index >= 15 is 0 Å². The number of amides is 2. The number of benzene rings is 4. The molecule has 0 aliphatic carbocycles. The second kappa shape index (κ2) is 12.7. The van der Waals surface area contributed by atoms with Gasteiger partial charge in [0, 0.05) is 16.3 Å². The van der Waals surface area contributed by atoms with E-state index in [0.717, 1.165) is 23.8 Å². The van der Waals surface area contributed by atoms with Crippen LogP contribution in [0.1, 0.15) is 41.9 Å². The molecule has 11 heteroatoms. The number of carboxylic acids is 2. The molecule has 0 saturated carbocycles. The summed E-state index contributed by atoms with van der Waals surface area (Å²) in [6, 6.07) is 23.9. The molecule has 202 valence electrons. The number of aromatic carboxylic acids is 2. The molecule has 0 aliphatic rings.